The highest BCUT2D eigenvalue weighted by atomic mass is 32.2. The Bertz CT molecular complexity index is 796. The Labute approximate surface area is 157 Å². The minimum absolute atomic E-state index is 0.0969. The molecular formula is C21H29NO3S. The zero-order chi connectivity index (χ0) is 19.3. The van der Waals surface area contributed by atoms with E-state index in [2.05, 4.69) is 4.72 Å². The van der Waals surface area contributed by atoms with Crippen LogP contribution in [0.25, 0.3) is 11.1 Å². The van der Waals surface area contributed by atoms with Crippen LogP contribution in [-0.4, -0.2) is 25.3 Å². The summed E-state index contributed by atoms with van der Waals surface area (Å²) in [6, 6.07) is 16.1. The number of benzene rings is 2. The van der Waals surface area contributed by atoms with Gasteiger partial charge >= 0.3 is 0 Å². The molecule has 0 heterocycles. The molecule has 5 heteroatoms. The van der Waals surface area contributed by atoms with Gasteiger partial charge in [-0.05, 0) is 48.4 Å². The van der Waals surface area contributed by atoms with Gasteiger partial charge in [0.2, 0.25) is 10.0 Å². The van der Waals surface area contributed by atoms with Gasteiger partial charge in [-0.3, -0.25) is 0 Å². The van der Waals surface area contributed by atoms with E-state index in [0.717, 1.165) is 22.3 Å². The molecule has 4 nitrogen and oxygen atoms in total. The fraction of sp³-hybridized carbons (Fsp3) is 0.429. The highest BCUT2D eigenvalue weighted by molar-refractivity contribution is 7.90. The average Bonchev–Trinajstić information content (AvgIpc) is 2.65. The van der Waals surface area contributed by atoms with Crippen molar-refractivity contribution in [3.63, 3.8) is 0 Å². The van der Waals surface area contributed by atoms with E-state index in [4.69, 9.17) is 0 Å². The lowest BCUT2D eigenvalue weighted by Gasteiger charge is -2.15. The monoisotopic (exact) mass is 375 g/mol. The topological polar surface area (TPSA) is 66.4 Å². The lowest BCUT2D eigenvalue weighted by Crippen LogP contribution is -2.33. The van der Waals surface area contributed by atoms with E-state index in [1.54, 1.807) is 13.8 Å². The number of hydrogen-bond acceptors (Lipinski definition) is 3. The standard InChI is InChI=1S/C21H29NO3S/c1-5-21(23)20-12-10-19(11-13-20)18-8-6-17(7-9-18)16(4)14-22-26(24,25)15(2)3/h6-13,15-16,21-23H,5,14H2,1-4H3. The minimum Gasteiger partial charge on any atom is -0.388 e. The molecule has 0 saturated heterocycles. The molecule has 0 saturated carbocycles. The molecule has 0 amide bonds. The van der Waals surface area contributed by atoms with Crippen molar-refractivity contribution in [1.29, 1.82) is 0 Å². The lowest BCUT2D eigenvalue weighted by atomic mass is 9.96. The molecule has 0 bridgehead atoms. The molecule has 2 N–H and O–H groups in total. The summed E-state index contributed by atoms with van der Waals surface area (Å²) in [5.41, 5.74) is 4.22. The van der Waals surface area contributed by atoms with Crippen molar-refractivity contribution in [2.45, 2.75) is 51.4 Å². The van der Waals surface area contributed by atoms with E-state index >= 15 is 0 Å². The van der Waals surface area contributed by atoms with Gasteiger partial charge in [-0.25, -0.2) is 13.1 Å². The molecular weight excluding hydrogens is 346 g/mol. The van der Waals surface area contributed by atoms with Crippen LogP contribution < -0.4 is 4.72 Å². The predicted octanol–water partition coefficient (Wildman–Crippen LogP) is 4.23. The Kier molecular flexibility index (Phi) is 6.98. The SMILES string of the molecule is CCC(O)c1ccc(-c2ccc(C(C)CNS(=O)(=O)C(C)C)cc2)cc1. The molecule has 0 aliphatic rings. The van der Waals surface area contributed by atoms with Gasteiger partial charge in [0.1, 0.15) is 0 Å². The van der Waals surface area contributed by atoms with Gasteiger partial charge in [0.25, 0.3) is 0 Å². The maximum Gasteiger partial charge on any atom is 0.213 e. The zero-order valence-corrected chi connectivity index (χ0v) is 16.8. The molecule has 2 atom stereocenters. The third kappa shape index (κ3) is 5.16. The highest BCUT2D eigenvalue weighted by Crippen LogP contribution is 2.25. The van der Waals surface area contributed by atoms with Crippen molar-refractivity contribution in [3.8, 4) is 11.1 Å². The second-order valence-electron chi connectivity index (χ2n) is 7.01. The maximum atomic E-state index is 11.9. The van der Waals surface area contributed by atoms with Gasteiger partial charge in [-0.1, -0.05) is 62.4 Å². The van der Waals surface area contributed by atoms with E-state index in [1.165, 1.54) is 0 Å². The summed E-state index contributed by atoms with van der Waals surface area (Å²) < 4.78 is 26.4. The fourth-order valence-electron chi connectivity index (χ4n) is 2.66. The summed E-state index contributed by atoms with van der Waals surface area (Å²) in [7, 11) is -3.24. The predicted molar refractivity (Wildman–Crippen MR) is 108 cm³/mol. The van der Waals surface area contributed by atoms with Gasteiger partial charge in [0, 0.05) is 6.54 Å². The minimum atomic E-state index is -3.24. The number of aliphatic hydroxyl groups is 1. The fourth-order valence-corrected chi connectivity index (χ4v) is 3.48. The summed E-state index contributed by atoms with van der Waals surface area (Å²) in [4.78, 5) is 0. The smallest absolute Gasteiger partial charge is 0.213 e. The van der Waals surface area contributed by atoms with Crippen molar-refractivity contribution in [3.05, 3.63) is 59.7 Å². The van der Waals surface area contributed by atoms with Crippen LogP contribution in [0.5, 0.6) is 0 Å². The Morgan fingerprint density at radius 1 is 0.885 bits per heavy atom. The first kappa shape index (κ1) is 20.6. The summed E-state index contributed by atoms with van der Waals surface area (Å²) >= 11 is 0. The number of sulfonamides is 1. The maximum absolute atomic E-state index is 11.9. The van der Waals surface area contributed by atoms with Crippen molar-refractivity contribution in [2.75, 3.05) is 6.54 Å². The number of nitrogens with one attached hydrogen (secondary N) is 1. The quantitative estimate of drug-likeness (QED) is 0.726. The molecule has 2 aromatic carbocycles. The van der Waals surface area contributed by atoms with Gasteiger partial charge in [-0.2, -0.15) is 0 Å². The van der Waals surface area contributed by atoms with Gasteiger partial charge in [0.05, 0.1) is 11.4 Å². The Hall–Kier alpha value is -1.69. The summed E-state index contributed by atoms with van der Waals surface area (Å²) in [5, 5.41) is 9.46. The highest BCUT2D eigenvalue weighted by Gasteiger charge is 2.17. The normalized spacial score (nSPS) is 14.4. The molecule has 0 aromatic heterocycles. The Morgan fingerprint density at radius 2 is 1.35 bits per heavy atom. The van der Waals surface area contributed by atoms with Crippen molar-refractivity contribution < 1.29 is 13.5 Å². The lowest BCUT2D eigenvalue weighted by molar-refractivity contribution is 0.173. The van der Waals surface area contributed by atoms with E-state index in [1.807, 2.05) is 62.4 Å². The van der Waals surface area contributed by atoms with Crippen LogP contribution >= 0.6 is 0 Å². The van der Waals surface area contributed by atoms with Gasteiger partial charge < -0.3 is 5.11 Å². The Morgan fingerprint density at radius 3 is 1.77 bits per heavy atom. The molecule has 0 aliphatic carbocycles. The van der Waals surface area contributed by atoms with Crippen LogP contribution in [0.1, 0.15) is 57.3 Å². The summed E-state index contributed by atoms with van der Waals surface area (Å²) in [6.07, 6.45) is 0.286. The first-order chi connectivity index (χ1) is 12.2. The van der Waals surface area contributed by atoms with Gasteiger partial charge in [-0.15, -0.1) is 0 Å². The zero-order valence-electron chi connectivity index (χ0n) is 15.9. The second-order valence-corrected chi connectivity index (χ2v) is 9.33. The van der Waals surface area contributed by atoms with Crippen molar-refractivity contribution in [2.24, 2.45) is 0 Å². The third-order valence-electron chi connectivity index (χ3n) is 4.71. The average molecular weight is 376 g/mol. The van der Waals surface area contributed by atoms with Crippen molar-refractivity contribution >= 4 is 10.0 Å². The van der Waals surface area contributed by atoms with E-state index < -0.39 is 21.4 Å². The third-order valence-corrected chi connectivity index (χ3v) is 6.52. The molecule has 0 fully saturated rings. The molecule has 2 aromatic rings. The first-order valence-corrected chi connectivity index (χ1v) is 10.7. The largest absolute Gasteiger partial charge is 0.388 e. The molecule has 142 valence electrons. The van der Waals surface area contributed by atoms with Crippen molar-refractivity contribution in [1.82, 2.24) is 4.72 Å². The van der Waals surface area contributed by atoms with Crippen LogP contribution in [0.2, 0.25) is 0 Å². The van der Waals surface area contributed by atoms with Gasteiger partial charge in [0.15, 0.2) is 0 Å². The van der Waals surface area contributed by atoms with Crippen LogP contribution in [0.15, 0.2) is 48.5 Å². The molecule has 2 unspecified atom stereocenters. The molecule has 0 aliphatic heterocycles. The summed E-state index contributed by atoms with van der Waals surface area (Å²) in [5.74, 6) is 0.0969. The first-order valence-electron chi connectivity index (χ1n) is 9.11. The number of aliphatic hydroxyl groups excluding tert-OH is 1. The summed E-state index contributed by atoms with van der Waals surface area (Å²) in [6.45, 7) is 7.71. The molecule has 2 rings (SSSR count). The molecule has 26 heavy (non-hydrogen) atoms. The Balaban J connectivity index is 2.05. The van der Waals surface area contributed by atoms with Crippen LogP contribution in [0, 0.1) is 0 Å². The number of rotatable bonds is 8. The molecule has 0 radical (unpaired) electrons. The van der Waals surface area contributed by atoms with E-state index in [-0.39, 0.29) is 5.92 Å². The van der Waals surface area contributed by atoms with E-state index in [9.17, 15) is 13.5 Å². The van der Waals surface area contributed by atoms with Crippen LogP contribution in [0.4, 0.5) is 0 Å². The van der Waals surface area contributed by atoms with Crippen LogP contribution in [-0.2, 0) is 10.0 Å². The second kappa shape index (κ2) is 8.80. The van der Waals surface area contributed by atoms with E-state index in [0.29, 0.717) is 13.0 Å². The van der Waals surface area contributed by atoms with Crippen LogP contribution in [0.3, 0.4) is 0 Å². The molecule has 0 spiro atoms. The number of hydrogen-bond donors (Lipinski definition) is 2.